The van der Waals surface area contributed by atoms with Crippen LogP contribution in [0.2, 0.25) is 0 Å². The minimum absolute atomic E-state index is 0.0282. The van der Waals surface area contributed by atoms with Crippen LogP contribution in [0.1, 0.15) is 21.6 Å². The van der Waals surface area contributed by atoms with E-state index >= 15 is 0 Å². The molecule has 0 saturated carbocycles. The number of pyridine rings is 1. The third kappa shape index (κ3) is 4.70. The van der Waals surface area contributed by atoms with Crippen LogP contribution in [-0.4, -0.2) is 66.2 Å². The zero-order chi connectivity index (χ0) is 24.4. The summed E-state index contributed by atoms with van der Waals surface area (Å²) >= 11 is 0. The van der Waals surface area contributed by atoms with Gasteiger partial charge in [-0.15, -0.1) is 0 Å². The molecule has 2 aromatic heterocycles. The molecule has 0 radical (unpaired) electrons. The van der Waals surface area contributed by atoms with Gasteiger partial charge in [-0.3, -0.25) is 9.69 Å². The molecule has 8 nitrogen and oxygen atoms in total. The van der Waals surface area contributed by atoms with E-state index in [9.17, 15) is 4.79 Å². The minimum Gasteiger partial charge on any atom is -0.497 e. The van der Waals surface area contributed by atoms with Crippen LogP contribution in [0.25, 0.3) is 22.4 Å². The van der Waals surface area contributed by atoms with E-state index in [1.807, 2.05) is 54.3 Å². The summed E-state index contributed by atoms with van der Waals surface area (Å²) in [6.07, 6.45) is 0. The maximum atomic E-state index is 13.7. The van der Waals surface area contributed by atoms with Gasteiger partial charge < -0.3 is 18.9 Å². The molecule has 1 aliphatic rings. The summed E-state index contributed by atoms with van der Waals surface area (Å²) in [4.78, 5) is 22.6. The van der Waals surface area contributed by atoms with Gasteiger partial charge in [-0.05, 0) is 55.0 Å². The maximum Gasteiger partial charge on any atom is 0.259 e. The van der Waals surface area contributed by atoms with Gasteiger partial charge in [0.15, 0.2) is 0 Å². The number of benzene rings is 2. The van der Waals surface area contributed by atoms with Gasteiger partial charge in [0.25, 0.3) is 11.6 Å². The van der Waals surface area contributed by atoms with Crippen LogP contribution in [-0.2, 0) is 6.54 Å². The van der Waals surface area contributed by atoms with Crippen molar-refractivity contribution in [1.29, 1.82) is 0 Å². The molecule has 180 valence electrons. The second-order valence-corrected chi connectivity index (χ2v) is 8.65. The first-order valence-corrected chi connectivity index (χ1v) is 11.6. The number of amides is 1. The Hall–Kier alpha value is -3.91. The number of aryl methyl sites for hydroxylation is 1. The predicted molar refractivity (Wildman–Crippen MR) is 133 cm³/mol. The first kappa shape index (κ1) is 22.9. The van der Waals surface area contributed by atoms with Gasteiger partial charge in [0, 0.05) is 38.3 Å². The number of aromatic nitrogens is 2. The number of carbonyl (C=O) groups excluding carboxylic acids is 1. The second-order valence-electron chi connectivity index (χ2n) is 8.65. The van der Waals surface area contributed by atoms with Gasteiger partial charge in [0.05, 0.1) is 36.6 Å². The summed E-state index contributed by atoms with van der Waals surface area (Å²) in [6.45, 7) is 5.55. The Morgan fingerprint density at radius 2 is 1.71 bits per heavy atom. The normalized spacial score (nSPS) is 14.3. The zero-order valence-corrected chi connectivity index (χ0v) is 20.2. The van der Waals surface area contributed by atoms with Gasteiger partial charge >= 0.3 is 0 Å². The number of hydrogen-bond donors (Lipinski definition) is 0. The molecule has 35 heavy (non-hydrogen) atoms. The second kappa shape index (κ2) is 9.76. The number of methoxy groups -OCH3 is 2. The van der Waals surface area contributed by atoms with Crippen LogP contribution >= 0.6 is 0 Å². The van der Waals surface area contributed by atoms with Crippen molar-refractivity contribution in [1.82, 2.24) is 19.9 Å². The largest absolute Gasteiger partial charge is 0.497 e. The maximum absolute atomic E-state index is 13.7. The van der Waals surface area contributed by atoms with E-state index in [0.29, 0.717) is 41.1 Å². The Morgan fingerprint density at radius 3 is 2.43 bits per heavy atom. The number of nitrogens with zero attached hydrogens (tertiary/aromatic N) is 4. The number of piperazine rings is 1. The smallest absolute Gasteiger partial charge is 0.259 e. The summed E-state index contributed by atoms with van der Waals surface area (Å²) in [7, 11) is 3.31. The van der Waals surface area contributed by atoms with E-state index in [0.717, 1.165) is 36.7 Å². The minimum atomic E-state index is -0.0282. The lowest BCUT2D eigenvalue weighted by molar-refractivity contribution is 0.0630. The molecule has 0 bridgehead atoms. The molecule has 0 atom stereocenters. The molecule has 4 aromatic rings. The van der Waals surface area contributed by atoms with Crippen molar-refractivity contribution < 1.29 is 18.8 Å². The van der Waals surface area contributed by atoms with Crippen molar-refractivity contribution >= 4 is 17.0 Å². The van der Waals surface area contributed by atoms with Crippen molar-refractivity contribution in [2.45, 2.75) is 13.5 Å². The molecule has 2 aromatic carbocycles. The molecule has 5 rings (SSSR count). The van der Waals surface area contributed by atoms with E-state index in [2.05, 4.69) is 27.2 Å². The van der Waals surface area contributed by atoms with E-state index < -0.39 is 0 Å². The summed E-state index contributed by atoms with van der Waals surface area (Å²) in [6, 6.07) is 17.5. The van der Waals surface area contributed by atoms with Crippen LogP contribution in [0.3, 0.4) is 0 Å². The van der Waals surface area contributed by atoms with Crippen LogP contribution in [0, 0.1) is 6.92 Å². The predicted octanol–water partition coefficient (Wildman–Crippen LogP) is 4.17. The summed E-state index contributed by atoms with van der Waals surface area (Å²) in [5.41, 5.74) is 4.34. The highest BCUT2D eigenvalue weighted by Crippen LogP contribution is 2.29. The van der Waals surface area contributed by atoms with Crippen LogP contribution < -0.4 is 9.47 Å². The molecule has 0 spiro atoms. The summed E-state index contributed by atoms with van der Waals surface area (Å²) in [5, 5.41) is 4.74. The molecule has 3 heterocycles. The first-order chi connectivity index (χ1) is 17.1. The Kier molecular flexibility index (Phi) is 6.37. The molecule has 0 N–H and O–H groups in total. The Morgan fingerprint density at radius 1 is 0.971 bits per heavy atom. The number of ether oxygens (including phenoxy) is 2. The fraction of sp³-hybridized carbons (Fsp3) is 0.296. The van der Waals surface area contributed by atoms with Crippen molar-refractivity contribution in [3.8, 4) is 22.8 Å². The summed E-state index contributed by atoms with van der Waals surface area (Å²) < 4.78 is 16.1. The monoisotopic (exact) mass is 472 g/mol. The highest BCUT2D eigenvalue weighted by molar-refractivity contribution is 6.07. The molecule has 0 aliphatic carbocycles. The molecule has 1 amide bonds. The third-order valence-electron chi connectivity index (χ3n) is 6.43. The van der Waals surface area contributed by atoms with Gasteiger partial charge in [0.1, 0.15) is 11.5 Å². The van der Waals surface area contributed by atoms with Gasteiger partial charge in [-0.2, -0.15) is 0 Å². The van der Waals surface area contributed by atoms with Crippen molar-refractivity contribution in [2.24, 2.45) is 0 Å². The van der Waals surface area contributed by atoms with E-state index in [1.54, 1.807) is 14.2 Å². The molecule has 8 heteroatoms. The number of hydrogen-bond acceptors (Lipinski definition) is 7. The fourth-order valence-electron chi connectivity index (χ4n) is 4.48. The molecule has 0 unspecified atom stereocenters. The highest BCUT2D eigenvalue weighted by Gasteiger charge is 2.26. The van der Waals surface area contributed by atoms with E-state index in [1.165, 1.54) is 5.56 Å². The molecule has 1 fully saturated rings. The SMILES string of the molecule is COc1ccc(-c2cc(C(=O)N3CCN(Cc4cccc(OC)c4)CC3)c3c(C)noc3n2)cc1. The van der Waals surface area contributed by atoms with Gasteiger partial charge in [-0.25, -0.2) is 4.98 Å². The fourth-order valence-corrected chi connectivity index (χ4v) is 4.48. The Bertz CT molecular complexity index is 1340. The van der Waals surface area contributed by atoms with E-state index in [4.69, 9.17) is 14.0 Å². The van der Waals surface area contributed by atoms with Gasteiger partial charge in [0.2, 0.25) is 0 Å². The van der Waals surface area contributed by atoms with Crippen LogP contribution in [0.5, 0.6) is 11.5 Å². The lowest BCUT2D eigenvalue weighted by Crippen LogP contribution is -2.48. The molecule has 1 saturated heterocycles. The lowest BCUT2D eigenvalue weighted by Gasteiger charge is -2.35. The number of fused-ring (bicyclic) bond motifs is 1. The topological polar surface area (TPSA) is 80.9 Å². The molecule has 1 aliphatic heterocycles. The Balaban J connectivity index is 1.36. The van der Waals surface area contributed by atoms with Crippen LogP contribution in [0.4, 0.5) is 0 Å². The Labute approximate surface area is 204 Å². The summed E-state index contributed by atoms with van der Waals surface area (Å²) in [5.74, 6) is 1.59. The van der Waals surface area contributed by atoms with Crippen molar-refractivity contribution in [2.75, 3.05) is 40.4 Å². The average molecular weight is 473 g/mol. The third-order valence-corrected chi connectivity index (χ3v) is 6.43. The molecular weight excluding hydrogens is 444 g/mol. The lowest BCUT2D eigenvalue weighted by atomic mass is 10.0. The average Bonchev–Trinajstić information content (AvgIpc) is 3.29. The first-order valence-electron chi connectivity index (χ1n) is 11.6. The molecular formula is C27H28N4O4. The standard InChI is InChI=1S/C27H28N4O4/c1-18-25-23(16-24(28-26(25)35-29-18)20-7-9-21(33-2)10-8-20)27(32)31-13-11-30(12-14-31)17-19-5-4-6-22(15-19)34-3/h4-10,15-16H,11-14,17H2,1-3H3. The zero-order valence-electron chi connectivity index (χ0n) is 20.2. The number of carbonyl (C=O) groups is 1. The van der Waals surface area contributed by atoms with Gasteiger partial charge in [-0.1, -0.05) is 17.3 Å². The van der Waals surface area contributed by atoms with Crippen LogP contribution in [0.15, 0.2) is 59.1 Å². The van der Waals surface area contributed by atoms with Crippen molar-refractivity contribution in [3.05, 3.63) is 71.4 Å². The quantitative estimate of drug-likeness (QED) is 0.417. The highest BCUT2D eigenvalue weighted by atomic mass is 16.5. The van der Waals surface area contributed by atoms with E-state index in [-0.39, 0.29) is 5.91 Å². The number of rotatable bonds is 6. The van der Waals surface area contributed by atoms with Crippen molar-refractivity contribution in [3.63, 3.8) is 0 Å².